The van der Waals surface area contributed by atoms with Crippen LogP contribution in [0.5, 0.6) is 0 Å². The van der Waals surface area contributed by atoms with Gasteiger partial charge in [-0.3, -0.25) is 0 Å². The van der Waals surface area contributed by atoms with E-state index in [0.717, 1.165) is 88.2 Å². The van der Waals surface area contributed by atoms with E-state index in [-0.39, 0.29) is 0 Å². The van der Waals surface area contributed by atoms with Gasteiger partial charge in [-0.1, -0.05) is 109 Å². The van der Waals surface area contributed by atoms with Gasteiger partial charge in [-0.15, -0.1) is 0 Å². The molecule has 0 saturated carbocycles. The molecule has 0 aliphatic heterocycles. The Morgan fingerprint density at radius 3 is 1.59 bits per heavy atom. The zero-order chi connectivity index (χ0) is 40.2. The summed E-state index contributed by atoms with van der Waals surface area (Å²) in [6.07, 6.45) is 0. The van der Waals surface area contributed by atoms with Gasteiger partial charge in [0.05, 0.1) is 69.9 Å². The van der Waals surface area contributed by atoms with Gasteiger partial charge in [0, 0.05) is 21.5 Å². The Hall–Kier alpha value is -8.68. The Kier molecular flexibility index (Phi) is 8.14. The maximum absolute atomic E-state index is 10.1. The van der Waals surface area contributed by atoms with Crippen LogP contribution in [0.2, 0.25) is 0 Å². The molecule has 0 N–H and O–H groups in total. The van der Waals surface area contributed by atoms with Crippen LogP contribution in [0.4, 0.5) is 11.4 Å². The average molecular weight is 751 g/mol. The Bertz CT molecular complexity index is 3540. The minimum absolute atomic E-state index is 0.461. The van der Waals surface area contributed by atoms with Crippen molar-refractivity contribution in [1.82, 2.24) is 9.13 Å². The zero-order valence-corrected chi connectivity index (χ0v) is 31.8. The second-order valence-corrected chi connectivity index (χ2v) is 14.7. The summed E-state index contributed by atoms with van der Waals surface area (Å²) in [4.78, 5) is 8.04. The van der Waals surface area contributed by atoms with Crippen LogP contribution in [0.3, 0.4) is 0 Å². The third-order valence-corrected chi connectivity index (χ3v) is 11.2. The van der Waals surface area contributed by atoms with Crippen LogP contribution in [-0.2, 0) is 0 Å². The van der Waals surface area contributed by atoms with Gasteiger partial charge < -0.3 is 9.13 Å². The molecule has 10 rings (SSSR count). The van der Waals surface area contributed by atoms with Crippen LogP contribution >= 0.6 is 0 Å². The molecule has 6 heteroatoms. The molecule has 0 amide bonds. The minimum atomic E-state index is 0.461. The first kappa shape index (κ1) is 34.8. The number of fused-ring (bicyclic) bond motifs is 6. The number of rotatable bonds is 5. The van der Waals surface area contributed by atoms with Crippen LogP contribution in [-0.4, -0.2) is 9.13 Å². The molecular formula is C53H30N6. The van der Waals surface area contributed by atoms with Crippen molar-refractivity contribution in [2.45, 2.75) is 6.92 Å². The van der Waals surface area contributed by atoms with Crippen molar-refractivity contribution in [3.63, 3.8) is 0 Å². The van der Waals surface area contributed by atoms with Gasteiger partial charge in [0.25, 0.3) is 0 Å². The van der Waals surface area contributed by atoms with E-state index in [4.69, 9.17) is 13.1 Å². The zero-order valence-electron chi connectivity index (χ0n) is 31.8. The topological polar surface area (TPSA) is 66.2 Å². The van der Waals surface area contributed by atoms with Crippen molar-refractivity contribution in [2.75, 3.05) is 0 Å². The monoisotopic (exact) mass is 750 g/mol. The summed E-state index contributed by atoms with van der Waals surface area (Å²) >= 11 is 0. The van der Waals surface area contributed by atoms with Crippen LogP contribution < -0.4 is 0 Å². The molecule has 0 spiro atoms. The summed E-state index contributed by atoms with van der Waals surface area (Å²) in [6.45, 7) is 18.5. The Labute approximate surface area is 340 Å². The quantitative estimate of drug-likeness (QED) is 0.164. The van der Waals surface area contributed by atoms with Gasteiger partial charge in [0.15, 0.2) is 5.69 Å². The lowest BCUT2D eigenvalue weighted by Crippen LogP contribution is -2.03. The summed E-state index contributed by atoms with van der Waals surface area (Å²) in [5.41, 5.74) is 14.0. The molecule has 0 radical (unpaired) electrons. The number of benzene rings is 8. The molecule has 0 fully saturated rings. The molecule has 10 aromatic rings. The third-order valence-electron chi connectivity index (χ3n) is 11.2. The number of aryl methyl sites for hydroxylation is 1. The first-order valence-electron chi connectivity index (χ1n) is 19.1. The van der Waals surface area contributed by atoms with Crippen LogP contribution in [0, 0.1) is 42.7 Å². The smallest absolute Gasteiger partial charge is 0.234 e. The lowest BCUT2D eigenvalue weighted by atomic mass is 9.97. The molecule has 272 valence electrons. The Morgan fingerprint density at radius 1 is 0.458 bits per heavy atom. The van der Waals surface area contributed by atoms with Crippen molar-refractivity contribution in [3.8, 4) is 56.9 Å². The SMILES string of the molecule is [C-]#[N+]c1ccc(-c2ccc3c4ccccc4n(-c4c(-c5cc(C)cc(C#N)c5)ccc(-n5c6ccccc6c6ccc(-c7ccc(C#N)cc7)cc65)c4[N+]#[C-])c3c2)cc1. The fraction of sp³-hybridized carbons (Fsp3) is 0.0189. The maximum atomic E-state index is 10.1. The van der Waals surface area contributed by atoms with Gasteiger partial charge in [0.2, 0.25) is 5.69 Å². The molecule has 2 aromatic heterocycles. The van der Waals surface area contributed by atoms with Gasteiger partial charge >= 0.3 is 0 Å². The summed E-state index contributed by atoms with van der Waals surface area (Å²) in [7, 11) is 0. The second kappa shape index (κ2) is 13.8. The van der Waals surface area contributed by atoms with E-state index < -0.39 is 0 Å². The average Bonchev–Trinajstić information content (AvgIpc) is 3.80. The van der Waals surface area contributed by atoms with Gasteiger partial charge in [-0.05, 0) is 100 Å². The molecule has 6 nitrogen and oxygen atoms in total. The Balaban J connectivity index is 1.33. The number of aromatic nitrogens is 2. The predicted octanol–water partition coefficient (Wildman–Crippen LogP) is 14.0. The highest BCUT2D eigenvalue weighted by Crippen LogP contribution is 2.47. The van der Waals surface area contributed by atoms with Crippen molar-refractivity contribution in [2.24, 2.45) is 0 Å². The molecule has 2 heterocycles. The number of hydrogen-bond donors (Lipinski definition) is 0. The normalized spacial score (nSPS) is 11.1. The van der Waals surface area contributed by atoms with E-state index in [1.54, 1.807) is 0 Å². The van der Waals surface area contributed by atoms with Crippen LogP contribution in [0.15, 0.2) is 164 Å². The number of hydrogen-bond acceptors (Lipinski definition) is 2. The maximum Gasteiger partial charge on any atom is 0.234 e. The molecule has 0 aliphatic rings. The molecule has 0 saturated heterocycles. The molecule has 0 aliphatic carbocycles. The lowest BCUT2D eigenvalue weighted by molar-refractivity contribution is 1.14. The van der Waals surface area contributed by atoms with Crippen molar-refractivity contribution >= 4 is 55.0 Å². The van der Waals surface area contributed by atoms with Crippen LogP contribution in [0.1, 0.15) is 16.7 Å². The molecule has 59 heavy (non-hydrogen) atoms. The van der Waals surface area contributed by atoms with E-state index in [1.165, 1.54) is 0 Å². The van der Waals surface area contributed by atoms with Crippen molar-refractivity contribution in [3.05, 3.63) is 203 Å². The number of nitrogens with zero attached hydrogens (tertiary/aromatic N) is 6. The first-order valence-corrected chi connectivity index (χ1v) is 19.1. The fourth-order valence-electron chi connectivity index (χ4n) is 8.59. The summed E-state index contributed by atoms with van der Waals surface area (Å²) < 4.78 is 4.42. The molecule has 8 aromatic carbocycles. The summed E-state index contributed by atoms with van der Waals surface area (Å²) in [6, 6.07) is 59.2. The van der Waals surface area contributed by atoms with Gasteiger partial charge in [0.1, 0.15) is 0 Å². The number of para-hydroxylation sites is 2. The van der Waals surface area contributed by atoms with Gasteiger partial charge in [-0.25, -0.2) is 9.69 Å². The van der Waals surface area contributed by atoms with E-state index in [9.17, 15) is 10.5 Å². The third kappa shape index (κ3) is 5.61. The molecule has 0 atom stereocenters. The second-order valence-electron chi connectivity index (χ2n) is 14.7. The standard InChI is InChI=1S/C53H30N6/c1-33-26-35(32-55)28-40(27-33)42-24-25-49(58-47-10-6-4-8-43(47)45-22-18-38(29-50(45)58)36-14-12-34(31-54)13-15-36)52(57-3)53(42)59-48-11-7-5-9-44(48)46-23-19-39(30-51(46)59)37-16-20-41(56-2)21-17-37/h4-30H,1H3. The lowest BCUT2D eigenvalue weighted by Gasteiger charge is -2.21. The van der Waals surface area contributed by atoms with Crippen molar-refractivity contribution in [1.29, 1.82) is 10.5 Å². The highest BCUT2D eigenvalue weighted by atomic mass is 15.1. The predicted molar refractivity (Wildman–Crippen MR) is 238 cm³/mol. The minimum Gasteiger partial charge on any atom is -0.319 e. The van der Waals surface area contributed by atoms with Crippen molar-refractivity contribution < 1.29 is 0 Å². The molecule has 0 unspecified atom stereocenters. The first-order chi connectivity index (χ1) is 29.0. The molecule has 0 bridgehead atoms. The highest BCUT2D eigenvalue weighted by Gasteiger charge is 2.25. The largest absolute Gasteiger partial charge is 0.319 e. The van der Waals surface area contributed by atoms with E-state index >= 15 is 0 Å². The molecular weight excluding hydrogens is 721 g/mol. The number of nitriles is 2. The highest BCUT2D eigenvalue weighted by molar-refractivity contribution is 6.13. The van der Waals surface area contributed by atoms with E-state index in [0.29, 0.717) is 28.2 Å². The Morgan fingerprint density at radius 2 is 1.00 bits per heavy atom. The summed E-state index contributed by atoms with van der Waals surface area (Å²) in [5.74, 6) is 0. The van der Waals surface area contributed by atoms with E-state index in [2.05, 4.69) is 104 Å². The van der Waals surface area contributed by atoms with Crippen LogP contribution in [0.25, 0.3) is 98.1 Å². The van der Waals surface area contributed by atoms with Gasteiger partial charge in [-0.2, -0.15) is 10.5 Å². The van der Waals surface area contributed by atoms with E-state index in [1.807, 2.05) is 97.9 Å². The fourth-order valence-corrected chi connectivity index (χ4v) is 8.59. The summed E-state index contributed by atoms with van der Waals surface area (Å²) in [5, 5.41) is 23.8.